The molecule has 1 aromatic rings. The lowest BCUT2D eigenvalue weighted by atomic mass is 10.1. The van der Waals surface area contributed by atoms with Gasteiger partial charge in [-0.15, -0.1) is 0 Å². The molecule has 0 saturated heterocycles. The summed E-state index contributed by atoms with van der Waals surface area (Å²) in [4.78, 5) is 11.8. The van der Waals surface area contributed by atoms with Gasteiger partial charge in [-0.05, 0) is 48.3 Å². The summed E-state index contributed by atoms with van der Waals surface area (Å²) in [5.41, 5.74) is 6.04. The third-order valence-corrected chi connectivity index (χ3v) is 3.55. The van der Waals surface area contributed by atoms with Crippen molar-refractivity contribution in [2.75, 3.05) is 19.8 Å². The van der Waals surface area contributed by atoms with Crippen molar-refractivity contribution < 1.29 is 14.3 Å². The number of carbonyl (C=O) groups is 1. The lowest BCUT2D eigenvalue weighted by molar-refractivity contribution is -0.116. The molecule has 7 heteroatoms. The van der Waals surface area contributed by atoms with E-state index in [2.05, 4.69) is 30.0 Å². The Balaban J connectivity index is 1.75. The molecule has 1 aliphatic rings. The Morgan fingerprint density at radius 1 is 1.25 bits per heavy atom. The molecule has 130 valence electrons. The van der Waals surface area contributed by atoms with Crippen LogP contribution in [0.2, 0.25) is 0 Å². The van der Waals surface area contributed by atoms with Crippen LogP contribution in [0.1, 0.15) is 25.8 Å². The quantitative estimate of drug-likeness (QED) is 0.429. The Bertz CT molecular complexity index is 617. The number of amides is 1. The van der Waals surface area contributed by atoms with E-state index >= 15 is 0 Å². The smallest absolute Gasteiger partial charge is 0.262 e. The number of carbonyl (C=O) groups excluding carboxylic acids is 1. The fourth-order valence-electron chi connectivity index (χ4n) is 2.01. The minimum atomic E-state index is -0.294. The third-order valence-electron chi connectivity index (χ3n) is 3.30. The van der Waals surface area contributed by atoms with Crippen molar-refractivity contribution in [1.29, 1.82) is 0 Å². The summed E-state index contributed by atoms with van der Waals surface area (Å²) in [6, 6.07) is 5.53. The Morgan fingerprint density at radius 3 is 2.75 bits per heavy atom. The molecule has 1 heterocycles. The lowest BCUT2D eigenvalue weighted by Gasteiger charge is -2.18. The molecule has 3 N–H and O–H groups in total. The number of hydrazine groups is 1. The first-order chi connectivity index (χ1) is 11.5. The molecule has 0 spiro atoms. The van der Waals surface area contributed by atoms with Gasteiger partial charge in [-0.25, -0.2) is 0 Å². The van der Waals surface area contributed by atoms with Gasteiger partial charge in [0, 0.05) is 12.6 Å². The van der Waals surface area contributed by atoms with E-state index in [9.17, 15) is 4.79 Å². The maximum Gasteiger partial charge on any atom is 0.262 e. The maximum absolute atomic E-state index is 11.8. The van der Waals surface area contributed by atoms with Crippen molar-refractivity contribution in [2.45, 2.75) is 20.3 Å². The van der Waals surface area contributed by atoms with Crippen LogP contribution in [0.25, 0.3) is 6.08 Å². The van der Waals surface area contributed by atoms with Crippen molar-refractivity contribution in [2.24, 2.45) is 5.92 Å². The molecule has 1 amide bonds. The second kappa shape index (κ2) is 9.12. The Morgan fingerprint density at radius 2 is 2.00 bits per heavy atom. The molecule has 0 radical (unpaired) electrons. The van der Waals surface area contributed by atoms with Gasteiger partial charge >= 0.3 is 0 Å². The van der Waals surface area contributed by atoms with Gasteiger partial charge in [0.1, 0.15) is 13.2 Å². The van der Waals surface area contributed by atoms with Crippen molar-refractivity contribution in [3.63, 3.8) is 0 Å². The van der Waals surface area contributed by atoms with Gasteiger partial charge in [0.15, 0.2) is 16.6 Å². The molecule has 2 rings (SSSR count). The van der Waals surface area contributed by atoms with Crippen molar-refractivity contribution >= 4 is 29.3 Å². The van der Waals surface area contributed by atoms with Gasteiger partial charge in [0.25, 0.3) is 5.91 Å². The molecule has 6 nitrogen and oxygen atoms in total. The summed E-state index contributed by atoms with van der Waals surface area (Å²) in [7, 11) is 0. The highest BCUT2D eigenvalue weighted by Crippen LogP contribution is 2.30. The predicted molar refractivity (Wildman–Crippen MR) is 97.8 cm³/mol. The van der Waals surface area contributed by atoms with E-state index in [4.69, 9.17) is 21.7 Å². The second-order valence-electron chi connectivity index (χ2n) is 5.79. The Kier molecular flexibility index (Phi) is 6.87. The van der Waals surface area contributed by atoms with Crippen LogP contribution in [0.15, 0.2) is 24.3 Å². The summed E-state index contributed by atoms with van der Waals surface area (Å²) in [5.74, 6) is 1.72. The fourth-order valence-corrected chi connectivity index (χ4v) is 2.17. The highest BCUT2D eigenvalue weighted by atomic mass is 32.1. The highest BCUT2D eigenvalue weighted by Gasteiger charge is 2.10. The average Bonchev–Trinajstić information content (AvgIpc) is 2.57. The van der Waals surface area contributed by atoms with Gasteiger partial charge in [-0.2, -0.15) is 0 Å². The van der Waals surface area contributed by atoms with Gasteiger partial charge < -0.3 is 14.8 Å². The van der Waals surface area contributed by atoms with Gasteiger partial charge in [0.05, 0.1) is 0 Å². The second-order valence-corrected chi connectivity index (χ2v) is 6.20. The van der Waals surface area contributed by atoms with E-state index in [0.717, 1.165) is 24.3 Å². The maximum atomic E-state index is 11.8. The van der Waals surface area contributed by atoms with Gasteiger partial charge in [-0.3, -0.25) is 15.6 Å². The topological polar surface area (TPSA) is 71.6 Å². The molecule has 1 aliphatic heterocycles. The molecule has 0 fully saturated rings. The first-order valence-corrected chi connectivity index (χ1v) is 8.37. The van der Waals surface area contributed by atoms with Crippen LogP contribution in [0.5, 0.6) is 11.5 Å². The zero-order valence-electron chi connectivity index (χ0n) is 13.9. The monoisotopic (exact) mass is 349 g/mol. The number of nitrogens with one attached hydrogen (secondary N) is 3. The molecular formula is C17H23N3O3S. The first-order valence-electron chi connectivity index (χ1n) is 7.96. The van der Waals surface area contributed by atoms with E-state index in [-0.39, 0.29) is 5.91 Å². The molecule has 0 aliphatic carbocycles. The number of thiocarbonyl (C=S) groups is 1. The van der Waals surface area contributed by atoms with E-state index in [1.54, 1.807) is 6.08 Å². The van der Waals surface area contributed by atoms with Crippen LogP contribution in [0.4, 0.5) is 0 Å². The minimum absolute atomic E-state index is 0.294. The Labute approximate surface area is 147 Å². The van der Waals surface area contributed by atoms with Crippen molar-refractivity contribution in [3.8, 4) is 11.5 Å². The molecule has 0 atom stereocenters. The SMILES string of the molecule is CC(C)CCNC(=S)NNC(=O)/C=C/c1ccc2c(c1)OCCO2. The summed E-state index contributed by atoms with van der Waals surface area (Å²) in [6.07, 6.45) is 4.14. The largest absolute Gasteiger partial charge is 0.486 e. The zero-order chi connectivity index (χ0) is 17.4. The molecular weight excluding hydrogens is 326 g/mol. The van der Waals surface area contributed by atoms with Crippen LogP contribution < -0.4 is 25.6 Å². The normalized spacial score (nSPS) is 13.0. The fraction of sp³-hybridized carbons (Fsp3) is 0.412. The molecule has 24 heavy (non-hydrogen) atoms. The molecule has 0 saturated carbocycles. The van der Waals surface area contributed by atoms with Crippen molar-refractivity contribution in [1.82, 2.24) is 16.2 Å². The van der Waals surface area contributed by atoms with Crippen LogP contribution in [-0.4, -0.2) is 30.8 Å². The van der Waals surface area contributed by atoms with Crippen LogP contribution in [0, 0.1) is 5.92 Å². The van der Waals surface area contributed by atoms with Crippen LogP contribution in [0.3, 0.4) is 0 Å². The Hall–Kier alpha value is -2.28. The summed E-state index contributed by atoms with van der Waals surface area (Å²) in [6.45, 7) is 6.14. The molecule has 0 bridgehead atoms. The number of fused-ring (bicyclic) bond motifs is 1. The van der Waals surface area contributed by atoms with Gasteiger partial charge in [0.2, 0.25) is 0 Å². The molecule has 0 aromatic heterocycles. The van der Waals surface area contributed by atoms with Crippen LogP contribution in [-0.2, 0) is 4.79 Å². The first kappa shape index (κ1) is 18.1. The number of rotatable bonds is 5. The van der Waals surface area contributed by atoms with E-state index in [0.29, 0.717) is 30.0 Å². The standard InChI is InChI=1S/C17H23N3O3S/c1-12(2)7-8-18-17(24)20-19-16(21)6-4-13-3-5-14-15(11-13)23-10-9-22-14/h3-6,11-12H,7-10H2,1-2H3,(H,19,21)(H2,18,20,24)/b6-4+. The number of ether oxygens (including phenoxy) is 2. The summed E-state index contributed by atoms with van der Waals surface area (Å²) in [5, 5.41) is 3.43. The van der Waals surface area contributed by atoms with Crippen molar-refractivity contribution in [3.05, 3.63) is 29.8 Å². The zero-order valence-corrected chi connectivity index (χ0v) is 14.7. The van der Waals surface area contributed by atoms with E-state index in [1.807, 2.05) is 18.2 Å². The number of hydrogen-bond acceptors (Lipinski definition) is 4. The van der Waals surface area contributed by atoms with E-state index < -0.39 is 0 Å². The number of benzene rings is 1. The third kappa shape index (κ3) is 6.08. The van der Waals surface area contributed by atoms with E-state index in [1.165, 1.54) is 6.08 Å². The summed E-state index contributed by atoms with van der Waals surface area (Å²) >= 11 is 5.08. The molecule has 1 aromatic carbocycles. The average molecular weight is 349 g/mol. The van der Waals surface area contributed by atoms with Crippen LogP contribution >= 0.6 is 12.2 Å². The predicted octanol–water partition coefficient (Wildman–Crippen LogP) is 2.01. The number of hydrogen-bond donors (Lipinski definition) is 3. The molecule has 0 unspecified atom stereocenters. The summed E-state index contributed by atoms with van der Waals surface area (Å²) < 4.78 is 11.0. The highest BCUT2D eigenvalue weighted by molar-refractivity contribution is 7.80. The van der Waals surface area contributed by atoms with Gasteiger partial charge in [-0.1, -0.05) is 19.9 Å². The lowest BCUT2D eigenvalue weighted by Crippen LogP contribution is -2.46. The minimum Gasteiger partial charge on any atom is -0.486 e.